The van der Waals surface area contributed by atoms with Crippen LogP contribution >= 0.6 is 0 Å². The van der Waals surface area contributed by atoms with Crippen molar-refractivity contribution < 1.29 is 20.0 Å². The predicted molar refractivity (Wildman–Crippen MR) is 71.5 cm³/mol. The maximum absolute atomic E-state index is 9.06. The zero-order chi connectivity index (χ0) is 13.5. The maximum atomic E-state index is 9.06. The Labute approximate surface area is 126 Å². The van der Waals surface area contributed by atoms with E-state index in [2.05, 4.69) is 32.9 Å². The molecule has 1 saturated heterocycles. The third kappa shape index (κ3) is 4.42. The SMILES string of the molecule is [C]1N(C2CCCCC2)CCN1C1CCCCC1.[F][Cu]. The van der Waals surface area contributed by atoms with Gasteiger partial charge in [-0.1, -0.05) is 38.5 Å². The van der Waals surface area contributed by atoms with E-state index in [1.165, 1.54) is 77.3 Å². The fourth-order valence-corrected chi connectivity index (χ4v) is 3.79. The van der Waals surface area contributed by atoms with Crippen LogP contribution in [0.15, 0.2) is 0 Å². The Morgan fingerprint density at radius 2 is 1.05 bits per heavy atom. The Morgan fingerprint density at radius 1 is 0.684 bits per heavy atom. The Bertz CT molecular complexity index is 216. The molecule has 0 bridgehead atoms. The van der Waals surface area contributed by atoms with E-state index in [4.69, 9.17) is 3.55 Å². The summed E-state index contributed by atoms with van der Waals surface area (Å²) in [6.07, 6.45) is 14.3. The van der Waals surface area contributed by atoms with Crippen LogP contribution in [-0.4, -0.2) is 35.0 Å². The predicted octanol–water partition coefficient (Wildman–Crippen LogP) is 3.68. The summed E-state index contributed by atoms with van der Waals surface area (Å²) in [5.41, 5.74) is 0. The summed E-state index contributed by atoms with van der Waals surface area (Å²) in [4.78, 5) is 5.07. The van der Waals surface area contributed by atoms with Gasteiger partial charge in [-0.25, -0.2) is 0 Å². The van der Waals surface area contributed by atoms with Gasteiger partial charge in [-0.15, -0.1) is 0 Å². The Kier molecular flexibility index (Phi) is 7.14. The van der Waals surface area contributed by atoms with E-state index < -0.39 is 0 Å². The molecule has 114 valence electrons. The summed E-state index contributed by atoms with van der Waals surface area (Å²) in [6.45, 7) is 6.17. The van der Waals surface area contributed by atoms with Crippen LogP contribution in [0.3, 0.4) is 0 Å². The fraction of sp³-hybridized carbons (Fsp3) is 0.933. The van der Waals surface area contributed by atoms with Crippen LogP contribution in [0.1, 0.15) is 64.2 Å². The Balaban J connectivity index is 0.000000637. The molecule has 0 spiro atoms. The van der Waals surface area contributed by atoms with Gasteiger partial charge in [-0.05, 0) is 25.7 Å². The quantitative estimate of drug-likeness (QED) is 0.717. The van der Waals surface area contributed by atoms with Crippen LogP contribution in [0, 0.1) is 6.67 Å². The zero-order valence-electron chi connectivity index (χ0n) is 11.7. The van der Waals surface area contributed by atoms with Crippen LogP contribution < -0.4 is 0 Å². The molecule has 0 atom stereocenters. The van der Waals surface area contributed by atoms with Crippen LogP contribution in [0.25, 0.3) is 0 Å². The summed E-state index contributed by atoms with van der Waals surface area (Å²) in [5, 5.41) is 0. The first-order valence-corrected chi connectivity index (χ1v) is 8.20. The summed E-state index contributed by atoms with van der Waals surface area (Å²) in [6, 6.07) is 1.63. The molecule has 2 aliphatic carbocycles. The van der Waals surface area contributed by atoms with Crippen molar-refractivity contribution in [3.63, 3.8) is 0 Å². The Morgan fingerprint density at radius 3 is 1.42 bits per heavy atom. The first-order valence-electron chi connectivity index (χ1n) is 7.84. The molecule has 0 aromatic rings. The average Bonchev–Trinajstić information content (AvgIpc) is 3.01. The number of hydrogen-bond acceptors (Lipinski definition) is 2. The van der Waals surface area contributed by atoms with E-state index >= 15 is 0 Å². The minimum atomic E-state index is 0.817. The van der Waals surface area contributed by atoms with E-state index in [-0.39, 0.29) is 0 Å². The molecule has 0 aromatic heterocycles. The zero-order valence-corrected chi connectivity index (χ0v) is 12.7. The Hall–Kier alpha value is 0.369. The molecular formula is C15H26CuFN2. The molecule has 2 radical (unpaired) electrons. The van der Waals surface area contributed by atoms with E-state index in [1.54, 1.807) is 0 Å². The summed E-state index contributed by atoms with van der Waals surface area (Å²) < 4.78 is 9.06. The van der Waals surface area contributed by atoms with Gasteiger partial charge in [-0.2, -0.15) is 0 Å². The molecule has 0 amide bonds. The number of rotatable bonds is 2. The monoisotopic (exact) mass is 316 g/mol. The normalized spacial score (nSPS) is 28.2. The summed E-state index contributed by atoms with van der Waals surface area (Å²) in [7, 11) is 0. The molecule has 1 aliphatic heterocycles. The second-order valence-electron chi connectivity index (χ2n) is 6.07. The van der Waals surface area contributed by atoms with Gasteiger partial charge in [0.05, 0.1) is 0 Å². The fourth-order valence-electron chi connectivity index (χ4n) is 3.79. The van der Waals surface area contributed by atoms with E-state index in [9.17, 15) is 0 Å². The first kappa shape index (κ1) is 15.8. The third-order valence-electron chi connectivity index (χ3n) is 4.87. The third-order valence-corrected chi connectivity index (χ3v) is 4.87. The molecule has 3 rings (SSSR count). The molecule has 4 heteroatoms. The molecule has 3 fully saturated rings. The molecule has 0 unspecified atom stereocenters. The summed E-state index contributed by atoms with van der Waals surface area (Å²) >= 11 is 2.69. The van der Waals surface area contributed by atoms with Crippen molar-refractivity contribution in [2.75, 3.05) is 13.1 Å². The number of halogens is 1. The van der Waals surface area contributed by atoms with Gasteiger partial charge >= 0.3 is 20.0 Å². The summed E-state index contributed by atoms with van der Waals surface area (Å²) in [5.74, 6) is 0. The van der Waals surface area contributed by atoms with Crippen molar-refractivity contribution >= 4 is 0 Å². The number of nitrogens with zero attached hydrogens (tertiary/aromatic N) is 2. The standard InChI is InChI=1S/C15H26N2.Cu.FH/c1-3-7-14(8-4-1)16-11-12-17(13-16)15-9-5-2-6-10-15;;/h14-15H,1-12H2;;1H/q;+1;/p-1. The second kappa shape index (κ2) is 8.61. The van der Waals surface area contributed by atoms with Crippen molar-refractivity contribution in [3.05, 3.63) is 6.67 Å². The first-order chi connectivity index (χ1) is 9.43. The van der Waals surface area contributed by atoms with Gasteiger partial charge in [0.25, 0.3) is 0 Å². The molecule has 2 saturated carbocycles. The van der Waals surface area contributed by atoms with Gasteiger partial charge in [0, 0.05) is 25.2 Å². The van der Waals surface area contributed by atoms with Gasteiger partial charge in [-0.3, -0.25) is 9.80 Å². The van der Waals surface area contributed by atoms with Gasteiger partial charge in [0.15, 0.2) is 0 Å². The minimum absolute atomic E-state index is 0.817. The van der Waals surface area contributed by atoms with Crippen LogP contribution in [0.4, 0.5) is 3.55 Å². The van der Waals surface area contributed by atoms with Crippen molar-refractivity contribution in [2.45, 2.75) is 76.3 Å². The van der Waals surface area contributed by atoms with Crippen LogP contribution in [0.2, 0.25) is 0 Å². The second-order valence-corrected chi connectivity index (χ2v) is 6.07. The van der Waals surface area contributed by atoms with Crippen molar-refractivity contribution in [2.24, 2.45) is 0 Å². The van der Waals surface area contributed by atoms with Crippen molar-refractivity contribution in [3.8, 4) is 0 Å². The van der Waals surface area contributed by atoms with Crippen LogP contribution in [-0.2, 0) is 16.5 Å². The average molecular weight is 317 g/mol. The molecule has 19 heavy (non-hydrogen) atoms. The van der Waals surface area contributed by atoms with E-state index in [0.717, 1.165) is 12.1 Å². The number of hydrogen-bond donors (Lipinski definition) is 0. The van der Waals surface area contributed by atoms with E-state index in [1.807, 2.05) is 0 Å². The van der Waals surface area contributed by atoms with Gasteiger partial charge in [0.1, 0.15) is 6.67 Å². The molecule has 1 heterocycles. The molecule has 2 nitrogen and oxygen atoms in total. The van der Waals surface area contributed by atoms with Gasteiger partial charge < -0.3 is 0 Å². The molecule has 0 aromatic carbocycles. The van der Waals surface area contributed by atoms with Crippen molar-refractivity contribution in [1.29, 1.82) is 0 Å². The molecular weight excluding hydrogens is 291 g/mol. The van der Waals surface area contributed by atoms with E-state index in [0.29, 0.717) is 0 Å². The van der Waals surface area contributed by atoms with Crippen LogP contribution in [0.5, 0.6) is 0 Å². The van der Waals surface area contributed by atoms with Crippen molar-refractivity contribution in [1.82, 2.24) is 9.80 Å². The molecule has 0 N–H and O–H groups in total. The van der Waals surface area contributed by atoms with Gasteiger partial charge in [0.2, 0.25) is 0 Å². The topological polar surface area (TPSA) is 6.48 Å². The molecule has 3 aliphatic rings.